The van der Waals surface area contributed by atoms with Gasteiger partial charge in [0, 0.05) is 18.3 Å². The van der Waals surface area contributed by atoms with Gasteiger partial charge in [0.1, 0.15) is 18.3 Å². The van der Waals surface area contributed by atoms with Gasteiger partial charge in [-0.15, -0.1) is 0 Å². The van der Waals surface area contributed by atoms with Crippen molar-refractivity contribution in [2.24, 2.45) is 39.9 Å². The van der Waals surface area contributed by atoms with Crippen LogP contribution < -0.4 is 103 Å². The van der Waals surface area contributed by atoms with Gasteiger partial charge in [0.2, 0.25) is 20.8 Å². The van der Waals surface area contributed by atoms with Crippen molar-refractivity contribution in [3.63, 3.8) is 0 Å². The largest absolute Gasteiger partial charge is 1.00 e. The molecule has 5 aliphatic rings. The Morgan fingerprint density at radius 3 is 2.04 bits per heavy atom. The summed E-state index contributed by atoms with van der Waals surface area (Å²) in [7, 11) is -11.5. The molecule has 18 nitrogen and oxygen atoms in total. The van der Waals surface area contributed by atoms with E-state index in [9.17, 15) is 60.8 Å². The van der Waals surface area contributed by atoms with Crippen LogP contribution in [0, 0.1) is 39.9 Å². The van der Waals surface area contributed by atoms with E-state index in [1.807, 2.05) is 0 Å². The number of aliphatic hydroxyl groups excluding tert-OH is 2. The van der Waals surface area contributed by atoms with Crippen molar-refractivity contribution in [2.75, 3.05) is 6.61 Å². The normalized spacial score (nSPS) is 39.1. The Kier molecular flexibility index (Phi) is 16.1. The maximum Gasteiger partial charge on any atom is 1.00 e. The molecular weight excluding hydrogens is 803 g/mol. The Bertz CT molecular complexity index is 1630. The zero-order valence-electron chi connectivity index (χ0n) is 30.2. The number of fused-ring (bicyclic) bond motifs is 3. The van der Waals surface area contributed by atoms with Gasteiger partial charge in [-0.1, -0.05) is 27.4 Å². The summed E-state index contributed by atoms with van der Waals surface area (Å²) in [5.41, 5.74) is -3.58. The number of hydrogen-bond donors (Lipinski definition) is 4. The molecule has 4 aliphatic carbocycles. The number of aliphatic carboxylic acids is 2. The molecule has 4 saturated carbocycles. The minimum atomic E-state index is -5.78. The van der Waals surface area contributed by atoms with Crippen LogP contribution in [0.25, 0.3) is 0 Å². The van der Waals surface area contributed by atoms with Crippen LogP contribution in [0.1, 0.15) is 72.1 Å². The van der Waals surface area contributed by atoms with Crippen molar-refractivity contribution in [3.8, 4) is 0 Å². The molecule has 4 N–H and O–H groups in total. The third-order valence-electron chi connectivity index (χ3n) is 12.0. The molecule has 0 unspecified atom stereocenters. The number of carbonyl (C=O) groups excluding carboxylic acids is 1. The molecular formula is C31H44K2O18S2. The van der Waals surface area contributed by atoms with Gasteiger partial charge in [0.25, 0.3) is 0 Å². The molecule has 1 saturated heterocycles. The van der Waals surface area contributed by atoms with Crippen molar-refractivity contribution in [1.82, 2.24) is 0 Å². The molecule has 0 aromatic heterocycles. The first-order chi connectivity index (χ1) is 23.5. The number of aliphatic hydroxyl groups is 2. The van der Waals surface area contributed by atoms with Crippen LogP contribution in [0.2, 0.25) is 0 Å². The molecule has 1 aliphatic heterocycles. The Balaban J connectivity index is 0.00000378. The zero-order chi connectivity index (χ0) is 38.1. The molecule has 290 valence electrons. The van der Waals surface area contributed by atoms with E-state index >= 15 is 0 Å². The first-order valence-electron chi connectivity index (χ1n) is 16.7. The summed E-state index contributed by atoms with van der Waals surface area (Å²) in [6, 6.07) is 0. The molecule has 0 radical (unpaired) electrons. The molecule has 0 aromatic carbocycles. The molecule has 1 heterocycles. The van der Waals surface area contributed by atoms with E-state index in [-0.39, 0.29) is 134 Å². The van der Waals surface area contributed by atoms with Gasteiger partial charge >= 0.3 is 121 Å². The van der Waals surface area contributed by atoms with Gasteiger partial charge in [-0.3, -0.25) is 22.7 Å². The van der Waals surface area contributed by atoms with Crippen LogP contribution in [-0.2, 0) is 57.8 Å². The third kappa shape index (κ3) is 9.42. The second kappa shape index (κ2) is 17.7. The minimum absolute atomic E-state index is 0. The van der Waals surface area contributed by atoms with Crippen molar-refractivity contribution in [3.05, 3.63) is 12.2 Å². The Morgan fingerprint density at radius 1 is 0.925 bits per heavy atom. The zero-order valence-corrected chi connectivity index (χ0v) is 38.1. The fraction of sp³-hybridized carbons (Fsp3) is 0.839. The van der Waals surface area contributed by atoms with Crippen LogP contribution in [0.4, 0.5) is 0 Å². The topological polar surface area (TPSA) is 293 Å². The predicted octanol–water partition coefficient (Wildman–Crippen LogP) is -5.56. The van der Waals surface area contributed by atoms with Crippen LogP contribution in [0.3, 0.4) is 0 Å². The van der Waals surface area contributed by atoms with E-state index in [2.05, 4.69) is 14.9 Å². The average molecular weight is 847 g/mol. The van der Waals surface area contributed by atoms with E-state index in [1.54, 1.807) is 20.8 Å². The van der Waals surface area contributed by atoms with Gasteiger partial charge in [0.05, 0.1) is 18.8 Å². The summed E-state index contributed by atoms with van der Waals surface area (Å²) < 4.78 is 97.0. The number of hydrogen-bond acceptors (Lipinski definition) is 16. The quantitative estimate of drug-likeness (QED) is 0.0271. The SMILES string of the molecule is C=C1[C@H]2CC[C@H]3[C@]4(C)C[C@H](O[C@@H]5O[C@H](CO)[C@@H](OS(=O)(=O)[O-])[C@H](OS(=O)(=O)[O-])[C@H]5OC(=O)CC(C)C)CC(C(=O)O)(C(=O)O)[C@H]4CC[C@@]3(C2)[C@@H]1O.[K+].[K+]. The number of carboxylic acid groups (broad SMARTS) is 2. The monoisotopic (exact) mass is 846 g/mol. The van der Waals surface area contributed by atoms with Gasteiger partial charge in [-0.25, -0.2) is 16.8 Å². The van der Waals surface area contributed by atoms with E-state index in [4.69, 9.17) is 14.2 Å². The van der Waals surface area contributed by atoms with Crippen LogP contribution in [0.5, 0.6) is 0 Å². The number of esters is 1. The molecule has 1 spiro atoms. The van der Waals surface area contributed by atoms with Crippen molar-refractivity contribution in [1.29, 1.82) is 0 Å². The Hall–Kier alpha value is 1.00. The van der Waals surface area contributed by atoms with Gasteiger partial charge in [0.15, 0.2) is 17.8 Å². The molecule has 2 bridgehead atoms. The fourth-order valence-corrected chi connectivity index (χ4v) is 11.3. The summed E-state index contributed by atoms with van der Waals surface area (Å²) in [5.74, 6) is -5.97. The maximum atomic E-state index is 13.1. The summed E-state index contributed by atoms with van der Waals surface area (Å²) in [6.07, 6.45) is -12.0. The average Bonchev–Trinajstić information content (AvgIpc) is 3.16. The minimum Gasteiger partial charge on any atom is -0.726 e. The number of ether oxygens (including phenoxy) is 3. The van der Waals surface area contributed by atoms with E-state index in [0.29, 0.717) is 31.3 Å². The number of rotatable bonds is 12. The van der Waals surface area contributed by atoms with Crippen LogP contribution >= 0.6 is 0 Å². The second-order valence-electron chi connectivity index (χ2n) is 15.3. The van der Waals surface area contributed by atoms with Gasteiger partial charge < -0.3 is 43.7 Å². The molecule has 53 heavy (non-hydrogen) atoms. The maximum absolute atomic E-state index is 13.1. The first-order valence-corrected chi connectivity index (χ1v) is 19.4. The summed E-state index contributed by atoms with van der Waals surface area (Å²) in [6.45, 7) is 7.93. The summed E-state index contributed by atoms with van der Waals surface area (Å²) in [4.78, 5) is 39.2. The predicted molar refractivity (Wildman–Crippen MR) is 165 cm³/mol. The second-order valence-corrected chi connectivity index (χ2v) is 17.3. The van der Waals surface area contributed by atoms with Gasteiger partial charge in [-0.05, 0) is 73.2 Å². The number of carboxylic acids is 2. The van der Waals surface area contributed by atoms with E-state index < -0.39 is 123 Å². The Morgan fingerprint density at radius 2 is 1.51 bits per heavy atom. The summed E-state index contributed by atoms with van der Waals surface area (Å²) >= 11 is 0. The third-order valence-corrected chi connectivity index (χ3v) is 12.9. The molecule has 22 heteroatoms. The van der Waals surface area contributed by atoms with Crippen LogP contribution in [0.15, 0.2) is 12.2 Å². The summed E-state index contributed by atoms with van der Waals surface area (Å²) in [5, 5.41) is 42.9. The van der Waals surface area contributed by atoms with Gasteiger partial charge in [-0.2, -0.15) is 0 Å². The number of carbonyl (C=O) groups is 3. The first kappa shape index (κ1) is 48.4. The molecule has 12 atom stereocenters. The van der Waals surface area contributed by atoms with E-state index in [0.717, 1.165) is 0 Å². The molecule has 5 fully saturated rings. The molecule has 0 aromatic rings. The molecule has 0 amide bonds. The molecule has 5 rings (SSSR count). The van der Waals surface area contributed by atoms with Crippen molar-refractivity contribution >= 4 is 38.7 Å². The Labute approximate surface area is 393 Å². The van der Waals surface area contributed by atoms with Crippen LogP contribution in [-0.4, -0.2) is 114 Å². The standard InChI is InChI=1S/C31H46O18S2.2K/c1-14(2)9-21(33)47-24-23(49-51(42,43)44)22(48-50(39,40)41)18(13-32)46-26(24)45-17-11-29(4)19-6-5-16-10-30(19,25(34)15(16)3)8-7-20(29)31(12-17,27(35)36)28(37)38;;/h14,16-20,22-26,32,34H,3,5-13H2,1-2,4H3,(H,35,36)(H,37,38)(H,39,40,41)(H,42,43,44);;/q;2*+1/p-2/t16-,17-,18+,19-,20-,22+,23-,24+,25+,26+,29-,30-;;/m0../s1. The van der Waals surface area contributed by atoms with Crippen molar-refractivity contribution in [2.45, 2.75) is 115 Å². The smallest absolute Gasteiger partial charge is 0.726 e. The fourth-order valence-electron chi connectivity index (χ4n) is 10.3. The van der Waals surface area contributed by atoms with Crippen molar-refractivity contribution < 1.29 is 186 Å². The van der Waals surface area contributed by atoms with E-state index in [1.165, 1.54) is 0 Å².